The first-order valence-corrected chi connectivity index (χ1v) is 19.8. The number of carbonyl (C=O) groups excluding carboxylic acids is 2. The fourth-order valence-corrected chi connectivity index (χ4v) is 9.21. The molecule has 306 valence electrons. The second-order valence-corrected chi connectivity index (χ2v) is 15.8. The van der Waals surface area contributed by atoms with E-state index in [0.717, 1.165) is 34.8 Å². The van der Waals surface area contributed by atoms with Crippen molar-refractivity contribution >= 4 is 34.8 Å². The lowest BCUT2D eigenvalue weighted by Crippen LogP contribution is -2.52. The average molecular weight is 797 g/mol. The molecular weight excluding hydrogens is 742 g/mol. The molecule has 55 heavy (non-hydrogen) atoms. The van der Waals surface area contributed by atoms with Gasteiger partial charge in [-0.2, -0.15) is 18.4 Å². The van der Waals surface area contributed by atoms with Crippen molar-refractivity contribution in [2.45, 2.75) is 82.5 Å². The maximum absolute atomic E-state index is 13.5. The van der Waals surface area contributed by atoms with Gasteiger partial charge < -0.3 is 38.6 Å². The fourth-order valence-electron chi connectivity index (χ4n) is 8.70. The Morgan fingerprint density at radius 1 is 0.873 bits per heavy atom. The number of rotatable bonds is 24. The quantitative estimate of drug-likeness (QED) is 0.109. The van der Waals surface area contributed by atoms with E-state index in [4.69, 9.17) is 45.9 Å². The van der Waals surface area contributed by atoms with Crippen molar-refractivity contribution in [2.75, 3.05) is 90.7 Å². The first-order chi connectivity index (χ1) is 26.3. The number of thiocarbonyl (C=S) groups is 1. The van der Waals surface area contributed by atoms with Crippen molar-refractivity contribution in [3.8, 4) is 6.07 Å². The molecule has 0 aromatic heterocycles. The molecule has 12 nitrogen and oxygen atoms in total. The Labute approximate surface area is 327 Å². The summed E-state index contributed by atoms with van der Waals surface area (Å²) in [5.41, 5.74) is -2.78. The highest BCUT2D eigenvalue weighted by Gasteiger charge is 2.52. The number of benzene rings is 1. The van der Waals surface area contributed by atoms with E-state index in [2.05, 4.69) is 5.32 Å². The van der Waals surface area contributed by atoms with Gasteiger partial charge in [0, 0.05) is 19.5 Å². The van der Waals surface area contributed by atoms with Crippen molar-refractivity contribution in [1.82, 2.24) is 10.2 Å². The highest BCUT2D eigenvalue weighted by Crippen LogP contribution is 2.57. The van der Waals surface area contributed by atoms with Gasteiger partial charge in [0.2, 0.25) is 5.91 Å². The number of hydrogen-bond donors (Lipinski definition) is 1. The van der Waals surface area contributed by atoms with E-state index in [1.165, 1.54) is 50.7 Å². The summed E-state index contributed by atoms with van der Waals surface area (Å²) in [5.74, 6) is 1.94. The Balaban J connectivity index is 0.810. The maximum atomic E-state index is 13.5. The predicted molar refractivity (Wildman–Crippen MR) is 200 cm³/mol. The molecule has 6 rings (SSSR count). The van der Waals surface area contributed by atoms with Crippen molar-refractivity contribution in [3.63, 3.8) is 0 Å². The molecule has 16 heteroatoms. The molecule has 1 aromatic rings. The van der Waals surface area contributed by atoms with Crippen LogP contribution in [0.3, 0.4) is 0 Å². The van der Waals surface area contributed by atoms with Crippen LogP contribution in [0.5, 0.6) is 0 Å². The monoisotopic (exact) mass is 796 g/mol. The lowest BCUT2D eigenvalue weighted by molar-refractivity contribution is -0.169. The van der Waals surface area contributed by atoms with Gasteiger partial charge in [-0.05, 0) is 107 Å². The normalized spacial score (nSPS) is 24.2. The molecule has 1 saturated heterocycles. The lowest BCUT2D eigenvalue weighted by Gasteiger charge is -2.56. The summed E-state index contributed by atoms with van der Waals surface area (Å²) in [6, 6.07) is 4.58. The van der Waals surface area contributed by atoms with Gasteiger partial charge in [-0.3, -0.25) is 14.5 Å². The summed E-state index contributed by atoms with van der Waals surface area (Å²) in [7, 11) is 0. The van der Waals surface area contributed by atoms with E-state index < -0.39 is 28.7 Å². The summed E-state index contributed by atoms with van der Waals surface area (Å²) in [6.45, 7) is 8.99. The van der Waals surface area contributed by atoms with Gasteiger partial charge >= 0.3 is 6.18 Å². The van der Waals surface area contributed by atoms with Gasteiger partial charge in [0.15, 0.2) is 5.11 Å². The number of amides is 2. The molecule has 4 saturated carbocycles. The molecule has 1 aromatic carbocycles. The van der Waals surface area contributed by atoms with Crippen LogP contribution in [-0.4, -0.2) is 119 Å². The molecule has 5 aliphatic rings. The number of carbonyl (C=O) groups is 2. The van der Waals surface area contributed by atoms with Gasteiger partial charge in [0.1, 0.15) is 5.54 Å². The smallest absolute Gasteiger partial charge is 0.377 e. The van der Waals surface area contributed by atoms with Crippen molar-refractivity contribution in [3.05, 3.63) is 29.3 Å². The molecule has 0 atom stereocenters. The Hall–Kier alpha value is -2.91. The first kappa shape index (κ1) is 43.2. The summed E-state index contributed by atoms with van der Waals surface area (Å²) < 4.78 is 74.8. The molecule has 4 aliphatic carbocycles. The summed E-state index contributed by atoms with van der Waals surface area (Å²) in [6.07, 6.45) is 3.70. The van der Waals surface area contributed by atoms with Crippen LogP contribution in [0.25, 0.3) is 0 Å². The largest absolute Gasteiger partial charge is 0.417 e. The number of nitrogens with one attached hydrogen (secondary N) is 1. The lowest BCUT2D eigenvalue weighted by atomic mass is 9.54. The van der Waals surface area contributed by atoms with Crippen LogP contribution in [0.15, 0.2) is 18.2 Å². The van der Waals surface area contributed by atoms with Crippen LogP contribution in [0.2, 0.25) is 0 Å². The molecule has 0 spiro atoms. The molecule has 1 N–H and O–H groups in total. The van der Waals surface area contributed by atoms with E-state index >= 15 is 0 Å². The van der Waals surface area contributed by atoms with Crippen LogP contribution < -0.4 is 10.2 Å². The van der Waals surface area contributed by atoms with E-state index in [9.17, 15) is 22.8 Å². The van der Waals surface area contributed by atoms with Gasteiger partial charge in [-0.15, -0.1) is 0 Å². The summed E-state index contributed by atoms with van der Waals surface area (Å²) >= 11 is 5.49. The zero-order valence-electron chi connectivity index (χ0n) is 32.0. The third-order valence-corrected chi connectivity index (χ3v) is 11.4. The third kappa shape index (κ3) is 11.8. The average Bonchev–Trinajstić information content (AvgIpc) is 3.29. The number of anilines is 1. The number of nitrogens with zero attached hydrogens (tertiary/aromatic N) is 3. The van der Waals surface area contributed by atoms with E-state index in [1.807, 2.05) is 0 Å². The number of hydrogen-bond acceptors (Lipinski definition) is 10. The van der Waals surface area contributed by atoms with Crippen molar-refractivity contribution < 1.29 is 51.2 Å². The van der Waals surface area contributed by atoms with Crippen LogP contribution >= 0.6 is 12.2 Å². The molecule has 5 fully saturated rings. The minimum absolute atomic E-state index is 0.0315. The SMILES string of the molecule is CC1(C)C(=O)N(c2ccc(C#N)c(C(F)(F)F)c2)C(=S)N1CCCC(=O)NCCOCCOCCOCCOCCOCCOC12CC3CC(CC(C3)C1)C2. The number of alkyl halides is 3. The Morgan fingerprint density at radius 2 is 1.38 bits per heavy atom. The highest BCUT2D eigenvalue weighted by atomic mass is 32.1. The molecule has 0 unspecified atom stereocenters. The van der Waals surface area contributed by atoms with E-state index in [0.29, 0.717) is 85.6 Å². The molecule has 2 amide bonds. The first-order valence-electron chi connectivity index (χ1n) is 19.4. The minimum Gasteiger partial charge on any atom is -0.377 e. The van der Waals surface area contributed by atoms with Gasteiger partial charge in [-0.1, -0.05) is 0 Å². The van der Waals surface area contributed by atoms with Crippen LogP contribution in [0, 0.1) is 29.1 Å². The van der Waals surface area contributed by atoms with E-state index in [-0.39, 0.29) is 35.3 Å². The fraction of sp³-hybridized carbons (Fsp3) is 0.744. The van der Waals surface area contributed by atoms with E-state index in [1.54, 1.807) is 18.7 Å². The van der Waals surface area contributed by atoms with Crippen LogP contribution in [-0.2, 0) is 44.2 Å². The summed E-state index contributed by atoms with van der Waals surface area (Å²) in [5, 5.41) is 11.9. The minimum atomic E-state index is -4.78. The standard InChI is InChI=1S/C39H55F3N4O8S/c1-37(2)35(48)46(32-6-5-31(27-43)33(23-32)39(40,41)42)36(55)45(37)8-3-4-34(47)44-7-9-49-10-11-50-12-13-51-14-15-52-16-17-53-18-19-54-38-24-28-20-29(25-38)22-30(21-28)26-38/h5-6,23,28-30H,3-4,7-22,24-26H2,1-2H3,(H,44,47). The van der Waals surface area contributed by atoms with Gasteiger partial charge in [-0.25, -0.2) is 0 Å². The molecule has 0 radical (unpaired) electrons. The van der Waals surface area contributed by atoms with Crippen LogP contribution in [0.1, 0.15) is 76.3 Å². The van der Waals surface area contributed by atoms with Gasteiger partial charge in [0.25, 0.3) is 5.91 Å². The van der Waals surface area contributed by atoms with Gasteiger partial charge in [0.05, 0.1) is 101 Å². The second-order valence-electron chi connectivity index (χ2n) is 15.4. The Kier molecular flexibility index (Phi) is 15.7. The number of nitriles is 1. The predicted octanol–water partition coefficient (Wildman–Crippen LogP) is 5.25. The second kappa shape index (κ2) is 20.0. The summed E-state index contributed by atoms with van der Waals surface area (Å²) in [4.78, 5) is 28.3. The topological polar surface area (TPSA) is 132 Å². The van der Waals surface area contributed by atoms with Crippen molar-refractivity contribution in [2.24, 2.45) is 17.8 Å². The van der Waals surface area contributed by atoms with Crippen molar-refractivity contribution in [1.29, 1.82) is 5.26 Å². The maximum Gasteiger partial charge on any atom is 0.417 e. The van der Waals surface area contributed by atoms with Crippen LogP contribution in [0.4, 0.5) is 18.9 Å². The number of ether oxygens (including phenoxy) is 6. The highest BCUT2D eigenvalue weighted by molar-refractivity contribution is 7.80. The zero-order valence-corrected chi connectivity index (χ0v) is 32.8. The third-order valence-electron chi connectivity index (χ3n) is 11.0. The molecule has 1 aliphatic heterocycles. The Morgan fingerprint density at radius 3 is 1.89 bits per heavy atom. The zero-order chi connectivity index (χ0) is 39.5. The molecular formula is C39H55F3N4O8S. The molecule has 1 heterocycles. The Bertz CT molecular complexity index is 1470. The molecule has 4 bridgehead atoms. The number of halogens is 3.